The summed E-state index contributed by atoms with van der Waals surface area (Å²) in [7, 11) is 1.47. The minimum atomic E-state index is -0.358. The number of carbonyl (C=O) groups is 2. The lowest BCUT2D eigenvalue weighted by Crippen LogP contribution is -2.22. The summed E-state index contributed by atoms with van der Waals surface area (Å²) in [4.78, 5) is 23.6. The second-order valence-corrected chi connectivity index (χ2v) is 6.89. The molecule has 0 fully saturated rings. The van der Waals surface area contributed by atoms with Gasteiger partial charge in [0.1, 0.15) is 12.1 Å². The molecule has 1 aromatic heterocycles. The van der Waals surface area contributed by atoms with Gasteiger partial charge >= 0.3 is 0 Å². The molecule has 7 nitrogen and oxygen atoms in total. The summed E-state index contributed by atoms with van der Waals surface area (Å²) >= 11 is 0. The minimum absolute atomic E-state index is 0.239. The average Bonchev–Trinajstić information content (AvgIpc) is 3.27. The monoisotopic (exact) mass is 427 g/mol. The van der Waals surface area contributed by atoms with E-state index in [1.165, 1.54) is 7.11 Å². The van der Waals surface area contributed by atoms with Crippen LogP contribution in [0.1, 0.15) is 10.4 Å². The molecule has 4 aromatic rings. The Labute approximate surface area is 185 Å². The summed E-state index contributed by atoms with van der Waals surface area (Å²) in [5.41, 5.74) is 2.95. The van der Waals surface area contributed by atoms with E-state index in [0.717, 1.165) is 16.9 Å². The Kier molecular flexibility index (Phi) is 6.27. The number of rotatable bonds is 8. The smallest absolute Gasteiger partial charge is 0.263 e. The number of methoxy groups -OCH3 is 1. The van der Waals surface area contributed by atoms with Crippen LogP contribution < -0.4 is 14.8 Å². The molecule has 0 aliphatic rings. The standard InChI is InChI=1S/C25H21N3O4/c1-31-23-14-18(16-29)12-13-22(23)32-17-25(30)26-24-15-21(19-8-4-2-5-9-19)27-28(24)20-10-6-3-7-11-20/h2-16H,17H2,1H3,(H,26,30). The van der Waals surface area contributed by atoms with Crippen LogP contribution in [-0.4, -0.2) is 35.7 Å². The fraction of sp³-hybridized carbons (Fsp3) is 0.0800. The lowest BCUT2D eigenvalue weighted by atomic mass is 10.2. The topological polar surface area (TPSA) is 82.4 Å². The molecular formula is C25H21N3O4. The molecule has 32 heavy (non-hydrogen) atoms. The zero-order valence-corrected chi connectivity index (χ0v) is 17.4. The van der Waals surface area contributed by atoms with Crippen molar-refractivity contribution in [2.45, 2.75) is 0 Å². The largest absolute Gasteiger partial charge is 0.493 e. The zero-order chi connectivity index (χ0) is 22.3. The maximum absolute atomic E-state index is 12.7. The molecule has 0 spiro atoms. The molecule has 0 radical (unpaired) electrons. The number of nitrogens with zero attached hydrogens (tertiary/aromatic N) is 2. The van der Waals surface area contributed by atoms with Crippen LogP contribution in [0.2, 0.25) is 0 Å². The molecule has 3 aromatic carbocycles. The maximum atomic E-state index is 12.7. The number of hydrogen-bond donors (Lipinski definition) is 1. The number of amides is 1. The first-order valence-corrected chi connectivity index (χ1v) is 9.94. The molecule has 1 N–H and O–H groups in total. The van der Waals surface area contributed by atoms with Gasteiger partial charge in [-0.1, -0.05) is 48.5 Å². The van der Waals surface area contributed by atoms with Crippen molar-refractivity contribution >= 4 is 18.0 Å². The molecule has 0 bridgehead atoms. The first-order valence-electron chi connectivity index (χ1n) is 9.94. The third-order valence-electron chi connectivity index (χ3n) is 4.73. The minimum Gasteiger partial charge on any atom is -0.493 e. The van der Waals surface area contributed by atoms with Crippen LogP contribution >= 0.6 is 0 Å². The SMILES string of the molecule is COc1cc(C=O)ccc1OCC(=O)Nc1cc(-c2ccccc2)nn1-c1ccccc1. The number of ether oxygens (including phenoxy) is 2. The third kappa shape index (κ3) is 4.67. The van der Waals surface area contributed by atoms with Gasteiger partial charge in [-0.05, 0) is 30.3 Å². The Morgan fingerprint density at radius 2 is 1.69 bits per heavy atom. The van der Waals surface area contributed by atoms with Crippen molar-refractivity contribution < 1.29 is 19.1 Å². The Morgan fingerprint density at radius 3 is 2.38 bits per heavy atom. The molecule has 1 amide bonds. The predicted octanol–water partition coefficient (Wildman–Crippen LogP) is 4.38. The van der Waals surface area contributed by atoms with Crippen LogP contribution in [0, 0.1) is 0 Å². The highest BCUT2D eigenvalue weighted by atomic mass is 16.5. The van der Waals surface area contributed by atoms with Gasteiger partial charge < -0.3 is 14.8 Å². The fourth-order valence-corrected chi connectivity index (χ4v) is 3.19. The van der Waals surface area contributed by atoms with Crippen molar-refractivity contribution in [3.05, 3.63) is 90.5 Å². The van der Waals surface area contributed by atoms with Gasteiger partial charge in [0.05, 0.1) is 18.5 Å². The summed E-state index contributed by atoms with van der Waals surface area (Å²) < 4.78 is 12.5. The first-order chi connectivity index (χ1) is 15.7. The van der Waals surface area contributed by atoms with Crippen LogP contribution in [0.3, 0.4) is 0 Å². The van der Waals surface area contributed by atoms with Gasteiger partial charge in [0.2, 0.25) is 0 Å². The van der Waals surface area contributed by atoms with Gasteiger partial charge in [0.15, 0.2) is 18.1 Å². The second kappa shape index (κ2) is 9.61. The number of anilines is 1. The molecule has 0 saturated heterocycles. The number of aromatic nitrogens is 2. The van der Waals surface area contributed by atoms with Crippen LogP contribution in [-0.2, 0) is 4.79 Å². The van der Waals surface area contributed by atoms with Crippen molar-refractivity contribution in [1.82, 2.24) is 9.78 Å². The van der Waals surface area contributed by atoms with Crippen molar-refractivity contribution in [3.63, 3.8) is 0 Å². The van der Waals surface area contributed by atoms with Crippen molar-refractivity contribution in [1.29, 1.82) is 0 Å². The molecular weight excluding hydrogens is 406 g/mol. The number of benzene rings is 3. The van der Waals surface area contributed by atoms with Crippen LogP contribution in [0.5, 0.6) is 11.5 Å². The van der Waals surface area contributed by atoms with Crippen LogP contribution in [0.25, 0.3) is 16.9 Å². The summed E-state index contributed by atoms with van der Waals surface area (Å²) in [5.74, 6) is 0.910. The van der Waals surface area contributed by atoms with E-state index in [-0.39, 0.29) is 12.5 Å². The normalized spacial score (nSPS) is 10.4. The van der Waals surface area contributed by atoms with Gasteiger partial charge in [-0.15, -0.1) is 0 Å². The highest BCUT2D eigenvalue weighted by Gasteiger charge is 2.15. The molecule has 0 saturated carbocycles. The quantitative estimate of drug-likeness (QED) is 0.422. The summed E-state index contributed by atoms with van der Waals surface area (Å²) in [6, 6.07) is 25.8. The molecule has 4 rings (SSSR count). The lowest BCUT2D eigenvalue weighted by Gasteiger charge is -2.12. The number of aldehydes is 1. The lowest BCUT2D eigenvalue weighted by molar-refractivity contribution is -0.118. The van der Waals surface area contributed by atoms with E-state index < -0.39 is 0 Å². The van der Waals surface area contributed by atoms with E-state index in [1.807, 2.05) is 66.7 Å². The fourth-order valence-electron chi connectivity index (χ4n) is 3.19. The van der Waals surface area contributed by atoms with Crippen molar-refractivity contribution in [2.24, 2.45) is 0 Å². The van der Waals surface area contributed by atoms with Gasteiger partial charge in [-0.3, -0.25) is 9.59 Å². The molecule has 160 valence electrons. The van der Waals surface area contributed by atoms with Crippen LogP contribution in [0.15, 0.2) is 84.9 Å². The summed E-state index contributed by atoms with van der Waals surface area (Å²) in [6.45, 7) is -0.239. The Hall–Kier alpha value is -4.39. The predicted molar refractivity (Wildman–Crippen MR) is 122 cm³/mol. The van der Waals surface area contributed by atoms with E-state index in [9.17, 15) is 9.59 Å². The number of para-hydroxylation sites is 1. The van der Waals surface area contributed by atoms with E-state index in [4.69, 9.17) is 9.47 Å². The highest BCUT2D eigenvalue weighted by molar-refractivity contribution is 5.92. The summed E-state index contributed by atoms with van der Waals surface area (Å²) in [6.07, 6.45) is 0.716. The number of hydrogen-bond acceptors (Lipinski definition) is 5. The number of nitrogens with one attached hydrogen (secondary N) is 1. The molecule has 1 heterocycles. The van der Waals surface area contributed by atoms with Crippen molar-refractivity contribution in [2.75, 3.05) is 19.0 Å². The molecule has 0 atom stereocenters. The summed E-state index contributed by atoms with van der Waals surface area (Å²) in [5, 5.41) is 7.55. The van der Waals surface area contributed by atoms with E-state index in [2.05, 4.69) is 10.4 Å². The average molecular weight is 427 g/mol. The first kappa shape index (κ1) is 20.9. The van der Waals surface area contributed by atoms with Gasteiger partial charge in [0, 0.05) is 17.2 Å². The maximum Gasteiger partial charge on any atom is 0.263 e. The molecule has 0 aliphatic heterocycles. The van der Waals surface area contributed by atoms with E-state index >= 15 is 0 Å². The highest BCUT2D eigenvalue weighted by Crippen LogP contribution is 2.28. The van der Waals surface area contributed by atoms with E-state index in [0.29, 0.717) is 29.2 Å². The van der Waals surface area contributed by atoms with Crippen LogP contribution in [0.4, 0.5) is 5.82 Å². The third-order valence-corrected chi connectivity index (χ3v) is 4.73. The second-order valence-electron chi connectivity index (χ2n) is 6.89. The number of carbonyl (C=O) groups excluding carboxylic acids is 2. The molecule has 7 heteroatoms. The molecule has 0 unspecified atom stereocenters. The Bertz CT molecular complexity index is 1220. The van der Waals surface area contributed by atoms with Gasteiger partial charge in [-0.2, -0.15) is 5.10 Å². The Balaban J connectivity index is 1.55. The molecule has 0 aliphatic carbocycles. The van der Waals surface area contributed by atoms with Gasteiger partial charge in [-0.25, -0.2) is 4.68 Å². The van der Waals surface area contributed by atoms with Gasteiger partial charge in [0.25, 0.3) is 5.91 Å². The van der Waals surface area contributed by atoms with E-state index in [1.54, 1.807) is 22.9 Å². The van der Waals surface area contributed by atoms with Crippen molar-refractivity contribution in [3.8, 4) is 28.4 Å². The Morgan fingerprint density at radius 1 is 0.969 bits per heavy atom. The zero-order valence-electron chi connectivity index (χ0n) is 17.4.